The van der Waals surface area contributed by atoms with E-state index in [0.29, 0.717) is 35.3 Å². The smallest absolute Gasteiger partial charge is 0.254 e. The predicted octanol–water partition coefficient (Wildman–Crippen LogP) is 3.85. The molecule has 2 aliphatic rings. The number of thiocarbonyl (C=S) groups is 1. The number of pyridine rings is 1. The second-order valence-corrected chi connectivity index (χ2v) is 9.60. The van der Waals surface area contributed by atoms with Gasteiger partial charge in [0.05, 0.1) is 26.4 Å². The van der Waals surface area contributed by atoms with Crippen LogP contribution in [0.2, 0.25) is 0 Å². The zero-order chi connectivity index (χ0) is 24.5. The highest BCUT2D eigenvalue weighted by molar-refractivity contribution is 7.80. The highest BCUT2D eigenvalue weighted by Crippen LogP contribution is 2.40. The molecule has 0 unspecified atom stereocenters. The van der Waals surface area contributed by atoms with Gasteiger partial charge in [0, 0.05) is 30.8 Å². The van der Waals surface area contributed by atoms with Crippen LogP contribution in [0.3, 0.4) is 0 Å². The van der Waals surface area contributed by atoms with Gasteiger partial charge in [0.1, 0.15) is 0 Å². The van der Waals surface area contributed by atoms with Gasteiger partial charge in [-0.25, -0.2) is 0 Å². The molecule has 2 atom stereocenters. The lowest BCUT2D eigenvalue weighted by Gasteiger charge is -2.39. The molecule has 0 saturated carbocycles. The first-order valence-corrected chi connectivity index (χ1v) is 12.4. The van der Waals surface area contributed by atoms with Gasteiger partial charge < -0.3 is 29.4 Å². The van der Waals surface area contributed by atoms with Gasteiger partial charge in [-0.1, -0.05) is 11.6 Å². The number of aryl methyl sites for hydroxylation is 1. The van der Waals surface area contributed by atoms with E-state index in [1.54, 1.807) is 14.2 Å². The molecule has 1 aromatic heterocycles. The van der Waals surface area contributed by atoms with E-state index in [-0.39, 0.29) is 17.7 Å². The zero-order valence-electron chi connectivity index (χ0n) is 20.3. The van der Waals surface area contributed by atoms with Crippen molar-refractivity contribution in [1.29, 1.82) is 0 Å². The Bertz CT molecular complexity index is 1320. The van der Waals surface area contributed by atoms with Crippen LogP contribution < -0.4 is 20.3 Å². The number of hydrogen-bond acceptors (Lipinski definition) is 5. The molecule has 0 bridgehead atoms. The minimum Gasteiger partial charge on any atom is -0.493 e. The molecule has 3 aromatic rings. The lowest BCUT2D eigenvalue weighted by molar-refractivity contribution is 0.113. The van der Waals surface area contributed by atoms with E-state index >= 15 is 0 Å². The van der Waals surface area contributed by atoms with E-state index in [4.69, 9.17) is 26.4 Å². The van der Waals surface area contributed by atoms with Gasteiger partial charge in [-0.2, -0.15) is 0 Å². The molecule has 1 saturated heterocycles. The fraction of sp³-hybridized carbons (Fsp3) is 0.407. The van der Waals surface area contributed by atoms with Crippen LogP contribution in [0.25, 0.3) is 10.9 Å². The molecule has 2 aromatic carbocycles. The number of ether oxygens (including phenoxy) is 3. The van der Waals surface area contributed by atoms with Crippen LogP contribution in [0.15, 0.2) is 41.2 Å². The number of hydrogen-bond donors (Lipinski definition) is 2. The Morgan fingerprint density at radius 2 is 1.97 bits per heavy atom. The number of nitrogens with zero attached hydrogens (tertiary/aromatic N) is 1. The first-order valence-electron chi connectivity index (χ1n) is 12.0. The van der Waals surface area contributed by atoms with Crippen molar-refractivity contribution >= 4 is 28.2 Å². The standard InChI is InChI=1S/C27H31N3O4S/c1-16-6-7-22-18(11-16)12-21(26(31)29-22)25-20-14-24(33-3)23(32-2)13-17(20)8-9-30(25)27(35)28-15-19-5-4-10-34-19/h6-7,11-14,19,25H,4-5,8-10,15H2,1-3H3,(H,28,35)(H,29,31)/t19-,25-/m0/s1. The maximum Gasteiger partial charge on any atom is 0.254 e. The van der Waals surface area contributed by atoms with Crippen LogP contribution >= 0.6 is 12.2 Å². The molecule has 0 radical (unpaired) electrons. The molecule has 0 aliphatic carbocycles. The minimum absolute atomic E-state index is 0.124. The quantitative estimate of drug-likeness (QED) is 0.523. The number of benzene rings is 2. The molecular formula is C27H31N3O4S. The van der Waals surface area contributed by atoms with Crippen LogP contribution in [-0.2, 0) is 11.2 Å². The molecule has 5 rings (SSSR count). The summed E-state index contributed by atoms with van der Waals surface area (Å²) < 4.78 is 16.9. The van der Waals surface area contributed by atoms with Crippen LogP contribution in [0, 0.1) is 6.92 Å². The van der Waals surface area contributed by atoms with Gasteiger partial charge in [0.25, 0.3) is 5.56 Å². The van der Waals surface area contributed by atoms with Gasteiger partial charge in [-0.15, -0.1) is 0 Å². The summed E-state index contributed by atoms with van der Waals surface area (Å²) in [4.78, 5) is 18.6. The summed E-state index contributed by atoms with van der Waals surface area (Å²) in [5, 5.41) is 5.02. The van der Waals surface area contributed by atoms with E-state index in [1.807, 2.05) is 37.3 Å². The van der Waals surface area contributed by atoms with Crippen molar-refractivity contribution in [2.75, 3.05) is 33.9 Å². The van der Waals surface area contributed by atoms with Crippen LogP contribution in [0.1, 0.15) is 41.1 Å². The summed E-state index contributed by atoms with van der Waals surface area (Å²) >= 11 is 5.88. The molecule has 2 N–H and O–H groups in total. The fourth-order valence-corrected chi connectivity index (χ4v) is 5.43. The molecule has 0 amide bonds. The molecule has 0 spiro atoms. The zero-order valence-corrected chi connectivity index (χ0v) is 21.2. The highest BCUT2D eigenvalue weighted by atomic mass is 32.1. The molecule has 2 aliphatic heterocycles. The largest absolute Gasteiger partial charge is 0.493 e. The van der Waals surface area contributed by atoms with Gasteiger partial charge >= 0.3 is 0 Å². The van der Waals surface area contributed by atoms with Crippen molar-refractivity contribution in [1.82, 2.24) is 15.2 Å². The normalized spacial score (nSPS) is 19.5. The Morgan fingerprint density at radius 1 is 1.17 bits per heavy atom. The van der Waals surface area contributed by atoms with Gasteiger partial charge in [-0.3, -0.25) is 4.79 Å². The molecular weight excluding hydrogens is 462 g/mol. The van der Waals surface area contributed by atoms with Crippen molar-refractivity contribution in [2.45, 2.75) is 38.3 Å². The molecule has 8 heteroatoms. The van der Waals surface area contributed by atoms with E-state index in [1.165, 1.54) is 0 Å². The fourth-order valence-electron chi connectivity index (χ4n) is 5.15. The van der Waals surface area contributed by atoms with E-state index in [9.17, 15) is 4.79 Å². The average Bonchev–Trinajstić information content (AvgIpc) is 3.39. The van der Waals surface area contributed by atoms with Crippen molar-refractivity contribution in [3.63, 3.8) is 0 Å². The number of aromatic amines is 1. The molecule has 35 heavy (non-hydrogen) atoms. The molecule has 1 fully saturated rings. The average molecular weight is 494 g/mol. The summed E-state index contributed by atoms with van der Waals surface area (Å²) in [6.45, 7) is 4.18. The van der Waals surface area contributed by atoms with Crippen LogP contribution in [0.5, 0.6) is 11.5 Å². The molecule has 7 nitrogen and oxygen atoms in total. The van der Waals surface area contributed by atoms with E-state index in [0.717, 1.165) is 53.5 Å². The first kappa shape index (κ1) is 23.6. The van der Waals surface area contributed by atoms with Gasteiger partial charge in [0.2, 0.25) is 0 Å². The Hall–Kier alpha value is -3.10. The SMILES string of the molecule is COc1cc2c(cc1OC)[C@@H](c1cc3cc(C)ccc3[nH]c1=O)N(C(=S)NC[C@@H]1CCCO1)CC2. The Kier molecular flexibility index (Phi) is 6.67. The predicted molar refractivity (Wildman–Crippen MR) is 141 cm³/mol. The first-order chi connectivity index (χ1) is 17.0. The molecule has 3 heterocycles. The van der Waals surface area contributed by atoms with Crippen molar-refractivity contribution in [3.8, 4) is 11.5 Å². The second-order valence-electron chi connectivity index (χ2n) is 9.22. The second kappa shape index (κ2) is 9.87. The lowest BCUT2D eigenvalue weighted by atomic mass is 9.88. The third-order valence-electron chi connectivity index (χ3n) is 6.96. The lowest BCUT2D eigenvalue weighted by Crippen LogP contribution is -2.48. The highest BCUT2D eigenvalue weighted by Gasteiger charge is 2.34. The van der Waals surface area contributed by atoms with Crippen molar-refractivity contribution in [3.05, 3.63) is 69.0 Å². The summed E-state index contributed by atoms with van der Waals surface area (Å²) in [6, 6.07) is 11.7. The van der Waals surface area contributed by atoms with Crippen LogP contribution in [0.4, 0.5) is 0 Å². The number of nitrogens with one attached hydrogen (secondary N) is 2. The molecule has 184 valence electrons. The maximum atomic E-state index is 13.4. The summed E-state index contributed by atoms with van der Waals surface area (Å²) in [7, 11) is 3.26. The number of H-pyrrole nitrogens is 1. The Labute approximate surface area is 210 Å². The summed E-state index contributed by atoms with van der Waals surface area (Å²) in [6.07, 6.45) is 3.05. The third-order valence-corrected chi connectivity index (χ3v) is 7.34. The Morgan fingerprint density at radius 3 is 2.71 bits per heavy atom. The monoisotopic (exact) mass is 493 g/mol. The number of methoxy groups -OCH3 is 2. The van der Waals surface area contributed by atoms with Crippen LogP contribution in [-0.4, -0.2) is 55.0 Å². The van der Waals surface area contributed by atoms with Crippen molar-refractivity contribution in [2.24, 2.45) is 0 Å². The van der Waals surface area contributed by atoms with Gasteiger partial charge in [-0.05, 0) is 85.2 Å². The third kappa shape index (κ3) is 4.60. The summed E-state index contributed by atoms with van der Waals surface area (Å²) in [5.41, 5.74) is 4.59. The topological polar surface area (TPSA) is 75.8 Å². The van der Waals surface area contributed by atoms with E-state index in [2.05, 4.69) is 21.3 Å². The number of rotatable bonds is 5. The Balaban J connectivity index is 1.60. The number of aromatic nitrogens is 1. The minimum atomic E-state index is -0.364. The maximum absolute atomic E-state index is 13.4. The van der Waals surface area contributed by atoms with Crippen molar-refractivity contribution < 1.29 is 14.2 Å². The van der Waals surface area contributed by atoms with E-state index < -0.39 is 0 Å². The number of fused-ring (bicyclic) bond motifs is 2. The summed E-state index contributed by atoms with van der Waals surface area (Å²) in [5.74, 6) is 1.31. The van der Waals surface area contributed by atoms with Gasteiger partial charge in [0.15, 0.2) is 16.6 Å².